The minimum atomic E-state index is 0.619. The summed E-state index contributed by atoms with van der Waals surface area (Å²) in [7, 11) is 1.64. The molecule has 0 saturated heterocycles. The molecular formula is C16H14ClN3O. The molecule has 0 bridgehead atoms. The zero-order chi connectivity index (χ0) is 14.8. The number of rotatable bonds is 3. The Kier molecular flexibility index (Phi) is 3.54. The number of ether oxygens (including phenoxy) is 1. The number of nitrogens with two attached hydrogens (primary N) is 1. The van der Waals surface area contributed by atoms with Crippen molar-refractivity contribution in [2.75, 3.05) is 12.8 Å². The Morgan fingerprint density at radius 2 is 1.71 bits per heavy atom. The van der Waals surface area contributed by atoms with E-state index in [9.17, 15) is 0 Å². The second kappa shape index (κ2) is 5.50. The van der Waals surface area contributed by atoms with Crippen LogP contribution >= 0.6 is 11.6 Å². The number of halogens is 1. The van der Waals surface area contributed by atoms with Gasteiger partial charge >= 0.3 is 0 Å². The van der Waals surface area contributed by atoms with Gasteiger partial charge in [0.1, 0.15) is 11.4 Å². The van der Waals surface area contributed by atoms with Crippen LogP contribution in [0, 0.1) is 0 Å². The molecule has 0 saturated carbocycles. The molecule has 3 rings (SSSR count). The van der Waals surface area contributed by atoms with Gasteiger partial charge in [-0.3, -0.25) is 0 Å². The molecule has 0 amide bonds. The Labute approximate surface area is 127 Å². The van der Waals surface area contributed by atoms with Crippen molar-refractivity contribution in [3.63, 3.8) is 0 Å². The first-order chi connectivity index (χ1) is 10.2. The van der Waals surface area contributed by atoms with Crippen molar-refractivity contribution in [3.05, 3.63) is 59.8 Å². The number of benzene rings is 2. The van der Waals surface area contributed by atoms with Crippen LogP contribution in [0.3, 0.4) is 0 Å². The first-order valence-corrected chi connectivity index (χ1v) is 6.80. The van der Waals surface area contributed by atoms with Gasteiger partial charge in [0.2, 0.25) is 0 Å². The van der Waals surface area contributed by atoms with Gasteiger partial charge < -0.3 is 10.5 Å². The predicted molar refractivity (Wildman–Crippen MR) is 85.0 cm³/mol. The lowest BCUT2D eigenvalue weighted by Crippen LogP contribution is -1.95. The first-order valence-electron chi connectivity index (χ1n) is 6.43. The molecule has 0 aliphatic heterocycles. The largest absolute Gasteiger partial charge is 0.497 e. The fourth-order valence-corrected chi connectivity index (χ4v) is 2.21. The summed E-state index contributed by atoms with van der Waals surface area (Å²) in [6.45, 7) is 0. The molecule has 3 aromatic rings. The number of anilines is 1. The van der Waals surface area contributed by atoms with E-state index in [0.717, 1.165) is 22.7 Å². The summed E-state index contributed by atoms with van der Waals surface area (Å²) in [4.78, 5) is 0. The maximum Gasteiger partial charge on any atom is 0.119 e. The van der Waals surface area contributed by atoms with E-state index in [2.05, 4.69) is 5.10 Å². The van der Waals surface area contributed by atoms with Crippen LogP contribution in [0.5, 0.6) is 5.75 Å². The van der Waals surface area contributed by atoms with E-state index in [1.165, 1.54) is 0 Å². The normalized spacial score (nSPS) is 10.6. The Morgan fingerprint density at radius 1 is 1.05 bits per heavy atom. The highest BCUT2D eigenvalue weighted by Crippen LogP contribution is 2.27. The van der Waals surface area contributed by atoms with Crippen LogP contribution in [0.4, 0.5) is 5.69 Å². The molecule has 0 spiro atoms. The Bertz CT molecular complexity index is 748. The summed E-state index contributed by atoms with van der Waals surface area (Å²) in [5.41, 5.74) is 9.27. The number of methoxy groups -OCH3 is 1. The van der Waals surface area contributed by atoms with Crippen molar-refractivity contribution in [1.29, 1.82) is 0 Å². The Morgan fingerprint density at radius 3 is 2.33 bits per heavy atom. The highest BCUT2D eigenvalue weighted by molar-refractivity contribution is 6.30. The maximum absolute atomic E-state index is 6.06. The van der Waals surface area contributed by atoms with Gasteiger partial charge in [0.25, 0.3) is 0 Å². The second-order valence-corrected chi connectivity index (χ2v) is 5.02. The molecule has 2 N–H and O–H groups in total. The van der Waals surface area contributed by atoms with Crippen LogP contribution in [-0.4, -0.2) is 16.9 Å². The topological polar surface area (TPSA) is 53.1 Å². The van der Waals surface area contributed by atoms with Crippen molar-refractivity contribution >= 4 is 17.3 Å². The van der Waals surface area contributed by atoms with Gasteiger partial charge in [0, 0.05) is 10.6 Å². The molecule has 1 heterocycles. The fraction of sp³-hybridized carbons (Fsp3) is 0.0625. The molecule has 0 aliphatic carbocycles. The molecule has 5 heteroatoms. The van der Waals surface area contributed by atoms with Gasteiger partial charge in [-0.1, -0.05) is 23.7 Å². The van der Waals surface area contributed by atoms with Gasteiger partial charge in [-0.2, -0.15) is 5.10 Å². The van der Waals surface area contributed by atoms with Crippen molar-refractivity contribution in [2.45, 2.75) is 0 Å². The van der Waals surface area contributed by atoms with Crippen molar-refractivity contribution in [2.24, 2.45) is 0 Å². The molecule has 4 nitrogen and oxygen atoms in total. The van der Waals surface area contributed by atoms with Gasteiger partial charge in [-0.05, 0) is 36.4 Å². The molecule has 2 aromatic carbocycles. The zero-order valence-corrected chi connectivity index (χ0v) is 12.2. The lowest BCUT2D eigenvalue weighted by atomic mass is 10.1. The van der Waals surface area contributed by atoms with E-state index in [1.54, 1.807) is 18.0 Å². The first kappa shape index (κ1) is 13.5. The summed E-state index contributed by atoms with van der Waals surface area (Å²) >= 11 is 5.90. The third-order valence-electron chi connectivity index (χ3n) is 3.20. The third kappa shape index (κ3) is 2.71. The van der Waals surface area contributed by atoms with Crippen LogP contribution in [-0.2, 0) is 0 Å². The molecule has 0 atom stereocenters. The van der Waals surface area contributed by atoms with Crippen LogP contribution in [0.25, 0.3) is 16.9 Å². The number of nitrogen functional groups attached to an aromatic ring is 1. The van der Waals surface area contributed by atoms with Crippen molar-refractivity contribution in [1.82, 2.24) is 9.78 Å². The lowest BCUT2D eigenvalue weighted by molar-refractivity contribution is 0.414. The molecule has 1 aromatic heterocycles. The molecule has 106 valence electrons. The van der Waals surface area contributed by atoms with Gasteiger partial charge in [-0.25, -0.2) is 4.68 Å². The smallest absolute Gasteiger partial charge is 0.119 e. The molecule has 0 unspecified atom stereocenters. The van der Waals surface area contributed by atoms with Crippen molar-refractivity contribution in [3.8, 4) is 22.7 Å². The van der Waals surface area contributed by atoms with Crippen LogP contribution in [0.1, 0.15) is 0 Å². The standard InChI is InChI=1S/C16H14ClN3O/c1-21-14-8-6-13(7-9-14)20-10-15(18)16(19-20)11-2-4-12(17)5-3-11/h2-10H,18H2,1H3. The summed E-state index contributed by atoms with van der Waals surface area (Å²) in [6, 6.07) is 15.1. The molecule has 21 heavy (non-hydrogen) atoms. The molecule has 0 aliphatic rings. The van der Waals surface area contributed by atoms with Gasteiger partial charge in [0.15, 0.2) is 0 Å². The Hall–Kier alpha value is -2.46. The van der Waals surface area contributed by atoms with E-state index in [1.807, 2.05) is 48.5 Å². The number of hydrogen-bond donors (Lipinski definition) is 1. The van der Waals surface area contributed by atoms with Gasteiger partial charge in [0.05, 0.1) is 24.7 Å². The monoisotopic (exact) mass is 299 g/mol. The summed E-state index contributed by atoms with van der Waals surface area (Å²) < 4.78 is 6.90. The maximum atomic E-state index is 6.06. The predicted octanol–water partition coefficient (Wildman–Crippen LogP) is 3.78. The number of aromatic nitrogens is 2. The number of nitrogens with zero attached hydrogens (tertiary/aromatic N) is 2. The highest BCUT2D eigenvalue weighted by Gasteiger charge is 2.09. The van der Waals surface area contributed by atoms with Crippen LogP contribution in [0.2, 0.25) is 5.02 Å². The van der Waals surface area contributed by atoms with E-state index >= 15 is 0 Å². The van der Waals surface area contributed by atoms with Crippen molar-refractivity contribution < 1.29 is 4.74 Å². The molecule has 0 fully saturated rings. The van der Waals surface area contributed by atoms with E-state index < -0.39 is 0 Å². The van der Waals surface area contributed by atoms with E-state index in [0.29, 0.717) is 10.7 Å². The summed E-state index contributed by atoms with van der Waals surface area (Å²) in [5, 5.41) is 5.23. The third-order valence-corrected chi connectivity index (χ3v) is 3.45. The lowest BCUT2D eigenvalue weighted by Gasteiger charge is -2.03. The highest BCUT2D eigenvalue weighted by atomic mass is 35.5. The van der Waals surface area contributed by atoms with E-state index in [-0.39, 0.29) is 0 Å². The SMILES string of the molecule is COc1ccc(-n2cc(N)c(-c3ccc(Cl)cc3)n2)cc1. The fourth-order valence-electron chi connectivity index (χ4n) is 2.09. The van der Waals surface area contributed by atoms with Crippen LogP contribution < -0.4 is 10.5 Å². The number of hydrogen-bond acceptors (Lipinski definition) is 3. The minimum absolute atomic E-state index is 0.619. The zero-order valence-electron chi connectivity index (χ0n) is 11.5. The second-order valence-electron chi connectivity index (χ2n) is 4.58. The summed E-state index contributed by atoms with van der Waals surface area (Å²) in [6.07, 6.45) is 1.80. The molecular weight excluding hydrogens is 286 g/mol. The van der Waals surface area contributed by atoms with E-state index in [4.69, 9.17) is 22.1 Å². The average molecular weight is 300 g/mol. The van der Waals surface area contributed by atoms with Crippen LogP contribution in [0.15, 0.2) is 54.7 Å². The quantitative estimate of drug-likeness (QED) is 0.800. The van der Waals surface area contributed by atoms with Gasteiger partial charge in [-0.15, -0.1) is 0 Å². The Balaban J connectivity index is 1.98. The minimum Gasteiger partial charge on any atom is -0.497 e. The molecule has 0 radical (unpaired) electrons. The average Bonchev–Trinajstić information content (AvgIpc) is 2.90. The summed E-state index contributed by atoms with van der Waals surface area (Å²) in [5.74, 6) is 0.803.